The first kappa shape index (κ1) is 21.1. The molecule has 33 heavy (non-hydrogen) atoms. The number of carbonyl (C=O) groups excluding carboxylic acids is 1. The van der Waals surface area contributed by atoms with Crippen LogP contribution in [-0.4, -0.2) is 37.6 Å². The Kier molecular flexibility index (Phi) is 5.53. The summed E-state index contributed by atoms with van der Waals surface area (Å²) in [6.45, 7) is 0.433. The molecule has 0 bridgehead atoms. The van der Waals surface area contributed by atoms with Crippen molar-refractivity contribution < 1.29 is 14.1 Å². The highest BCUT2D eigenvalue weighted by molar-refractivity contribution is 6.36. The second-order valence-corrected chi connectivity index (χ2v) is 7.90. The molecule has 0 aliphatic rings. The molecular weight excluding hydrogens is 465 g/mol. The molecule has 0 aliphatic heterocycles. The highest BCUT2D eigenvalue weighted by Crippen LogP contribution is 2.35. The van der Waals surface area contributed by atoms with Crippen LogP contribution in [0.25, 0.3) is 22.4 Å². The Morgan fingerprint density at radius 3 is 2.67 bits per heavy atom. The van der Waals surface area contributed by atoms with E-state index in [2.05, 4.69) is 20.1 Å². The number of nitrogens with zero attached hydrogens (tertiary/aromatic N) is 5. The van der Waals surface area contributed by atoms with E-state index in [0.717, 1.165) is 11.1 Å². The van der Waals surface area contributed by atoms with Gasteiger partial charge >= 0.3 is 0 Å². The number of fused-ring (bicyclic) bond motifs is 1. The van der Waals surface area contributed by atoms with E-state index in [4.69, 9.17) is 32.5 Å². The van der Waals surface area contributed by atoms with Gasteiger partial charge in [0.2, 0.25) is 5.82 Å². The minimum absolute atomic E-state index is 0.180. The number of hydrogen-bond acceptors (Lipinski definition) is 7. The minimum atomic E-state index is -0.499. The lowest BCUT2D eigenvalue weighted by Gasteiger charge is -2.08. The third kappa shape index (κ3) is 3.94. The minimum Gasteiger partial charge on any atom is -0.497 e. The largest absolute Gasteiger partial charge is 0.497 e. The summed E-state index contributed by atoms with van der Waals surface area (Å²) >= 11 is 12.8. The first-order chi connectivity index (χ1) is 16.0. The van der Waals surface area contributed by atoms with Gasteiger partial charge in [-0.25, -0.2) is 9.97 Å². The summed E-state index contributed by atoms with van der Waals surface area (Å²) in [5.74, 6) is 0.0724. The summed E-state index contributed by atoms with van der Waals surface area (Å²) < 4.78 is 12.5. The van der Waals surface area contributed by atoms with Gasteiger partial charge in [0.15, 0.2) is 0 Å². The lowest BCUT2D eigenvalue weighted by atomic mass is 10.1. The van der Waals surface area contributed by atoms with E-state index in [0.29, 0.717) is 28.4 Å². The predicted molar refractivity (Wildman–Crippen MR) is 123 cm³/mol. The molecule has 3 heterocycles. The number of carbonyl (C=O) groups is 1. The fourth-order valence-electron chi connectivity index (χ4n) is 3.52. The molecule has 164 valence electrons. The first-order valence-electron chi connectivity index (χ1n) is 9.80. The molecular formula is C23H15Cl2N5O3. The van der Waals surface area contributed by atoms with Gasteiger partial charge in [-0.15, -0.1) is 0 Å². The standard InChI is InChI=1S/C23H15Cl2N5O3/c1-32-15-6-7-18-16(10-15)19(21(25)30(18)11-13-2-4-14(24)5-3-13)20(31)23-28-22(29-33-23)17-8-9-26-12-27-17/h2-10,12H,11H2,1H3. The van der Waals surface area contributed by atoms with Crippen molar-refractivity contribution in [2.45, 2.75) is 6.54 Å². The van der Waals surface area contributed by atoms with E-state index < -0.39 is 5.78 Å². The molecule has 0 amide bonds. The van der Waals surface area contributed by atoms with Crippen LogP contribution in [0.5, 0.6) is 5.75 Å². The molecule has 2 aromatic carbocycles. The molecule has 0 spiro atoms. The van der Waals surface area contributed by atoms with Crippen LogP contribution in [0.4, 0.5) is 0 Å². The highest BCUT2D eigenvalue weighted by atomic mass is 35.5. The second kappa shape index (κ2) is 8.65. The lowest BCUT2D eigenvalue weighted by Crippen LogP contribution is -2.04. The average Bonchev–Trinajstić information content (AvgIpc) is 3.44. The van der Waals surface area contributed by atoms with Crippen LogP contribution < -0.4 is 4.74 Å². The SMILES string of the molecule is COc1ccc2c(c1)c(C(=O)c1nc(-c3ccncn3)no1)c(Cl)n2Cc1ccc(Cl)cc1. The molecule has 10 heteroatoms. The number of halogens is 2. The topological polar surface area (TPSA) is 95.9 Å². The van der Waals surface area contributed by atoms with Crippen LogP contribution in [0.3, 0.4) is 0 Å². The number of aromatic nitrogens is 5. The first-order valence-corrected chi connectivity index (χ1v) is 10.6. The van der Waals surface area contributed by atoms with Crippen molar-refractivity contribution in [2.24, 2.45) is 0 Å². The monoisotopic (exact) mass is 479 g/mol. The van der Waals surface area contributed by atoms with Gasteiger partial charge in [-0.3, -0.25) is 4.79 Å². The van der Waals surface area contributed by atoms with Gasteiger partial charge in [-0.1, -0.05) is 40.5 Å². The zero-order valence-electron chi connectivity index (χ0n) is 17.2. The maximum Gasteiger partial charge on any atom is 0.299 e. The zero-order chi connectivity index (χ0) is 22.9. The molecule has 5 rings (SSSR count). The van der Waals surface area contributed by atoms with Crippen LogP contribution >= 0.6 is 23.2 Å². The van der Waals surface area contributed by atoms with Crippen molar-refractivity contribution in [1.29, 1.82) is 0 Å². The summed E-state index contributed by atoms with van der Waals surface area (Å²) in [6, 6.07) is 14.5. The van der Waals surface area contributed by atoms with Crippen LogP contribution in [0.2, 0.25) is 10.2 Å². The summed E-state index contributed by atoms with van der Waals surface area (Å²) in [7, 11) is 1.56. The Morgan fingerprint density at radius 2 is 1.94 bits per heavy atom. The van der Waals surface area contributed by atoms with E-state index in [1.807, 2.05) is 28.8 Å². The van der Waals surface area contributed by atoms with E-state index in [9.17, 15) is 4.79 Å². The summed E-state index contributed by atoms with van der Waals surface area (Å²) in [4.78, 5) is 25.6. The Bertz CT molecular complexity index is 1460. The van der Waals surface area contributed by atoms with Gasteiger partial charge in [-0.2, -0.15) is 4.98 Å². The van der Waals surface area contributed by atoms with Crippen LogP contribution in [0.15, 0.2) is 65.6 Å². The van der Waals surface area contributed by atoms with E-state index in [1.54, 1.807) is 37.6 Å². The number of hydrogen-bond donors (Lipinski definition) is 0. The number of benzene rings is 2. The Hall–Kier alpha value is -3.75. The molecule has 8 nitrogen and oxygen atoms in total. The van der Waals surface area contributed by atoms with Gasteiger partial charge in [0.05, 0.1) is 18.2 Å². The van der Waals surface area contributed by atoms with Crippen molar-refractivity contribution >= 4 is 39.9 Å². The van der Waals surface area contributed by atoms with Crippen LogP contribution in [-0.2, 0) is 6.54 Å². The third-order valence-electron chi connectivity index (χ3n) is 5.12. The van der Waals surface area contributed by atoms with Crippen molar-refractivity contribution in [1.82, 2.24) is 24.7 Å². The molecule has 0 unspecified atom stereocenters. The Labute approximate surface area is 197 Å². The predicted octanol–water partition coefficient (Wildman–Crippen LogP) is 5.08. The molecule has 0 aliphatic carbocycles. The van der Waals surface area contributed by atoms with Crippen molar-refractivity contribution in [2.75, 3.05) is 7.11 Å². The number of methoxy groups -OCH3 is 1. The van der Waals surface area contributed by atoms with Crippen molar-refractivity contribution in [3.63, 3.8) is 0 Å². The molecule has 5 aromatic rings. The molecule has 0 fully saturated rings. The van der Waals surface area contributed by atoms with Gasteiger partial charge in [0.1, 0.15) is 22.9 Å². The summed E-state index contributed by atoms with van der Waals surface area (Å²) in [6.07, 6.45) is 2.91. The number of ketones is 1. The molecule has 0 saturated carbocycles. The van der Waals surface area contributed by atoms with Gasteiger partial charge in [-0.05, 0) is 42.0 Å². The van der Waals surface area contributed by atoms with E-state index in [-0.39, 0.29) is 22.4 Å². The van der Waals surface area contributed by atoms with Crippen LogP contribution in [0.1, 0.15) is 21.8 Å². The molecule has 0 radical (unpaired) electrons. The Morgan fingerprint density at radius 1 is 1.12 bits per heavy atom. The van der Waals surface area contributed by atoms with Gasteiger partial charge in [0, 0.05) is 23.2 Å². The maximum atomic E-state index is 13.5. The summed E-state index contributed by atoms with van der Waals surface area (Å²) in [5.41, 5.74) is 2.41. The van der Waals surface area contributed by atoms with E-state index in [1.165, 1.54) is 6.33 Å². The van der Waals surface area contributed by atoms with E-state index >= 15 is 0 Å². The van der Waals surface area contributed by atoms with Crippen molar-refractivity contribution in [3.05, 3.63) is 88.2 Å². The fraction of sp³-hybridized carbons (Fsp3) is 0.0870. The summed E-state index contributed by atoms with van der Waals surface area (Å²) in [5, 5.41) is 5.37. The average molecular weight is 480 g/mol. The van der Waals surface area contributed by atoms with Gasteiger partial charge < -0.3 is 13.8 Å². The number of rotatable bonds is 6. The molecule has 3 aromatic heterocycles. The Balaban J connectivity index is 1.61. The molecule has 0 atom stereocenters. The van der Waals surface area contributed by atoms with Crippen LogP contribution in [0, 0.1) is 0 Å². The fourth-order valence-corrected chi connectivity index (χ4v) is 3.99. The quantitative estimate of drug-likeness (QED) is 0.313. The maximum absolute atomic E-state index is 13.5. The second-order valence-electron chi connectivity index (χ2n) is 7.11. The normalized spacial score (nSPS) is 11.1. The zero-order valence-corrected chi connectivity index (χ0v) is 18.7. The number of ether oxygens (including phenoxy) is 1. The highest BCUT2D eigenvalue weighted by Gasteiger charge is 2.27. The van der Waals surface area contributed by atoms with Gasteiger partial charge in [0.25, 0.3) is 11.7 Å². The smallest absolute Gasteiger partial charge is 0.299 e. The lowest BCUT2D eigenvalue weighted by molar-refractivity contribution is 0.0995. The molecule has 0 saturated heterocycles. The molecule has 0 N–H and O–H groups in total. The van der Waals surface area contributed by atoms with Crippen molar-refractivity contribution in [3.8, 4) is 17.3 Å². The third-order valence-corrected chi connectivity index (χ3v) is 5.76.